The molecule has 2 amide bonds. The topological polar surface area (TPSA) is 63.7 Å². The molecule has 25 heavy (non-hydrogen) atoms. The number of likely N-dealkylation sites (tertiary alicyclic amines) is 1. The molecule has 2 aromatic rings. The molecule has 4 rings (SSSR count). The number of aromatic nitrogens is 1. The Morgan fingerprint density at radius 1 is 1.16 bits per heavy atom. The number of nitrogens with one attached hydrogen (secondary N) is 1. The number of hydrogen-bond donors (Lipinski definition) is 1. The molecule has 2 aliphatic heterocycles. The molecule has 6 nitrogen and oxygen atoms in total. The molecule has 132 valence electrons. The molecule has 0 atom stereocenters. The van der Waals surface area contributed by atoms with E-state index in [1.54, 1.807) is 0 Å². The summed E-state index contributed by atoms with van der Waals surface area (Å²) in [6.45, 7) is 2.80. The molecule has 0 bridgehead atoms. The molecule has 0 spiro atoms. The Kier molecular flexibility index (Phi) is 4.96. The van der Waals surface area contributed by atoms with E-state index in [1.807, 2.05) is 40.6 Å². The maximum Gasteiger partial charge on any atom is 0.323 e. The highest BCUT2D eigenvalue weighted by Gasteiger charge is 2.31. The van der Waals surface area contributed by atoms with Crippen LogP contribution in [-0.2, 0) is 9.47 Å². The predicted molar refractivity (Wildman–Crippen MR) is 96.6 cm³/mol. The molecule has 1 aromatic carbocycles. The summed E-state index contributed by atoms with van der Waals surface area (Å²) in [5.41, 5.74) is 1.94. The first kappa shape index (κ1) is 16.5. The molecule has 2 aliphatic rings. The maximum atomic E-state index is 12.5. The number of ether oxygens (including phenoxy) is 2. The number of piperidine rings is 1. The summed E-state index contributed by atoms with van der Waals surface area (Å²) in [5.74, 6) is 0.385. The van der Waals surface area contributed by atoms with Crippen molar-refractivity contribution in [2.24, 2.45) is 5.92 Å². The Hall–Kier alpha value is -1.96. The van der Waals surface area contributed by atoms with E-state index in [1.165, 1.54) is 11.3 Å². The average Bonchev–Trinajstić information content (AvgIpc) is 3.35. The Labute approximate surface area is 150 Å². The molecule has 3 heterocycles. The summed E-state index contributed by atoms with van der Waals surface area (Å²) in [5, 5.41) is 5.52. The van der Waals surface area contributed by atoms with Crippen molar-refractivity contribution in [3.8, 4) is 11.3 Å². The zero-order chi connectivity index (χ0) is 17.1. The van der Waals surface area contributed by atoms with Crippen molar-refractivity contribution in [2.45, 2.75) is 19.1 Å². The van der Waals surface area contributed by atoms with Gasteiger partial charge in [0.05, 0.1) is 18.9 Å². The summed E-state index contributed by atoms with van der Waals surface area (Å²) < 4.78 is 11.2. The number of amides is 2. The molecule has 2 fully saturated rings. The highest BCUT2D eigenvalue weighted by molar-refractivity contribution is 7.14. The third-order valence-corrected chi connectivity index (χ3v) is 5.40. The number of hydrogen-bond acceptors (Lipinski definition) is 5. The quantitative estimate of drug-likeness (QED) is 0.912. The lowest BCUT2D eigenvalue weighted by molar-refractivity contribution is -0.0950. The van der Waals surface area contributed by atoms with Crippen LogP contribution in [-0.4, -0.2) is 48.5 Å². The monoisotopic (exact) mass is 359 g/mol. The van der Waals surface area contributed by atoms with Gasteiger partial charge in [0.15, 0.2) is 11.4 Å². The van der Waals surface area contributed by atoms with Gasteiger partial charge in [-0.1, -0.05) is 30.3 Å². The summed E-state index contributed by atoms with van der Waals surface area (Å²) >= 11 is 1.45. The Balaban J connectivity index is 1.31. The first-order valence-electron chi connectivity index (χ1n) is 8.60. The van der Waals surface area contributed by atoms with Gasteiger partial charge in [-0.2, -0.15) is 0 Å². The van der Waals surface area contributed by atoms with Gasteiger partial charge in [-0.3, -0.25) is 5.32 Å². The highest BCUT2D eigenvalue weighted by Crippen LogP contribution is 2.27. The fourth-order valence-electron chi connectivity index (χ4n) is 3.27. The van der Waals surface area contributed by atoms with Gasteiger partial charge in [0.2, 0.25) is 0 Å². The number of thiazole rings is 1. The van der Waals surface area contributed by atoms with Crippen molar-refractivity contribution < 1.29 is 14.3 Å². The third-order valence-electron chi connectivity index (χ3n) is 4.65. The van der Waals surface area contributed by atoms with E-state index in [4.69, 9.17) is 9.47 Å². The largest absolute Gasteiger partial charge is 0.350 e. The Morgan fingerprint density at radius 3 is 2.60 bits per heavy atom. The molecule has 2 saturated heterocycles. The van der Waals surface area contributed by atoms with Crippen LogP contribution in [0.3, 0.4) is 0 Å². The molecule has 0 radical (unpaired) electrons. The molecular weight excluding hydrogens is 338 g/mol. The zero-order valence-corrected chi connectivity index (χ0v) is 14.7. The van der Waals surface area contributed by atoms with Crippen LogP contribution in [0.15, 0.2) is 35.7 Å². The van der Waals surface area contributed by atoms with Crippen molar-refractivity contribution >= 4 is 22.5 Å². The smallest absolute Gasteiger partial charge is 0.323 e. The second kappa shape index (κ2) is 7.51. The van der Waals surface area contributed by atoms with Gasteiger partial charge in [-0.25, -0.2) is 9.78 Å². The van der Waals surface area contributed by atoms with E-state index in [2.05, 4.69) is 10.3 Å². The number of urea groups is 1. The van der Waals surface area contributed by atoms with E-state index in [-0.39, 0.29) is 12.3 Å². The number of anilines is 1. The predicted octanol–water partition coefficient (Wildman–Crippen LogP) is 3.43. The zero-order valence-electron chi connectivity index (χ0n) is 13.9. The normalized spacial score (nSPS) is 19.3. The van der Waals surface area contributed by atoms with Crippen LogP contribution in [0, 0.1) is 5.92 Å². The van der Waals surface area contributed by atoms with Gasteiger partial charge < -0.3 is 14.4 Å². The van der Waals surface area contributed by atoms with Crippen molar-refractivity contribution in [2.75, 3.05) is 31.6 Å². The van der Waals surface area contributed by atoms with E-state index < -0.39 is 0 Å². The van der Waals surface area contributed by atoms with Crippen molar-refractivity contribution in [1.82, 2.24) is 9.88 Å². The molecule has 0 unspecified atom stereocenters. The minimum absolute atomic E-state index is 0.0827. The van der Waals surface area contributed by atoms with Gasteiger partial charge in [0.25, 0.3) is 0 Å². The molecule has 1 aromatic heterocycles. The Bertz CT molecular complexity index is 707. The summed E-state index contributed by atoms with van der Waals surface area (Å²) in [6, 6.07) is 9.88. The van der Waals surface area contributed by atoms with Crippen LogP contribution in [0.1, 0.15) is 12.8 Å². The van der Waals surface area contributed by atoms with Gasteiger partial charge in [0.1, 0.15) is 0 Å². The lowest BCUT2D eigenvalue weighted by Crippen LogP contribution is -2.43. The second-order valence-corrected chi connectivity index (χ2v) is 7.13. The molecule has 0 saturated carbocycles. The minimum Gasteiger partial charge on any atom is -0.350 e. The molecule has 0 aliphatic carbocycles. The lowest BCUT2D eigenvalue weighted by atomic mass is 9.96. The van der Waals surface area contributed by atoms with E-state index in [0.29, 0.717) is 24.3 Å². The SMILES string of the molecule is O=C(Nc1nc(-c2ccccc2)cs1)N1CCC(C2OCCO2)CC1. The maximum absolute atomic E-state index is 12.5. The Morgan fingerprint density at radius 2 is 1.88 bits per heavy atom. The fourth-order valence-corrected chi connectivity index (χ4v) is 3.98. The van der Waals surface area contributed by atoms with Gasteiger partial charge in [-0.05, 0) is 12.8 Å². The third kappa shape index (κ3) is 3.84. The van der Waals surface area contributed by atoms with Crippen molar-refractivity contribution in [3.63, 3.8) is 0 Å². The second-order valence-electron chi connectivity index (χ2n) is 6.27. The first-order chi connectivity index (χ1) is 12.3. The van der Waals surface area contributed by atoms with Crippen LogP contribution in [0.25, 0.3) is 11.3 Å². The first-order valence-corrected chi connectivity index (χ1v) is 9.47. The summed E-state index contributed by atoms with van der Waals surface area (Å²) in [6.07, 6.45) is 1.73. The van der Waals surface area contributed by atoms with Crippen LogP contribution in [0.2, 0.25) is 0 Å². The highest BCUT2D eigenvalue weighted by atomic mass is 32.1. The van der Waals surface area contributed by atoms with Crippen LogP contribution in [0.5, 0.6) is 0 Å². The van der Waals surface area contributed by atoms with Crippen LogP contribution in [0.4, 0.5) is 9.93 Å². The summed E-state index contributed by atoms with van der Waals surface area (Å²) in [4.78, 5) is 18.8. The lowest BCUT2D eigenvalue weighted by Gasteiger charge is -2.33. The average molecular weight is 359 g/mol. The minimum atomic E-state index is -0.0856. The van der Waals surface area contributed by atoms with E-state index >= 15 is 0 Å². The van der Waals surface area contributed by atoms with Gasteiger partial charge in [-0.15, -0.1) is 11.3 Å². The summed E-state index contributed by atoms with van der Waals surface area (Å²) in [7, 11) is 0. The standard InChI is InChI=1S/C18H21N3O3S/c22-18(21-8-6-14(7-9-21)16-23-10-11-24-16)20-17-19-15(12-25-17)13-4-2-1-3-5-13/h1-5,12,14,16H,6-11H2,(H,19,20,22). The molecule has 1 N–H and O–H groups in total. The number of benzene rings is 1. The molecular formula is C18H21N3O3S. The fraction of sp³-hybridized carbons (Fsp3) is 0.444. The van der Waals surface area contributed by atoms with Crippen LogP contribution >= 0.6 is 11.3 Å². The number of nitrogens with zero attached hydrogens (tertiary/aromatic N) is 2. The van der Waals surface area contributed by atoms with Gasteiger partial charge >= 0.3 is 6.03 Å². The van der Waals surface area contributed by atoms with Crippen LogP contribution < -0.4 is 5.32 Å². The van der Waals surface area contributed by atoms with E-state index in [0.717, 1.165) is 37.2 Å². The van der Waals surface area contributed by atoms with Crippen molar-refractivity contribution in [3.05, 3.63) is 35.7 Å². The number of rotatable bonds is 3. The van der Waals surface area contributed by atoms with Gasteiger partial charge in [0, 0.05) is 30.0 Å². The number of carbonyl (C=O) groups is 1. The molecule has 7 heteroatoms. The van der Waals surface area contributed by atoms with E-state index in [9.17, 15) is 4.79 Å². The number of carbonyl (C=O) groups excluding carboxylic acids is 1. The van der Waals surface area contributed by atoms with Crippen molar-refractivity contribution in [1.29, 1.82) is 0 Å².